The lowest BCUT2D eigenvalue weighted by atomic mass is 9.88. The van der Waals surface area contributed by atoms with Gasteiger partial charge in [-0.15, -0.1) is 0 Å². The first-order valence-electron chi connectivity index (χ1n) is 6.54. The number of halogens is 1. The molecule has 0 radical (unpaired) electrons. The summed E-state index contributed by atoms with van der Waals surface area (Å²) in [5.41, 5.74) is 5.72. The van der Waals surface area contributed by atoms with Crippen LogP contribution in [0.1, 0.15) is 25.7 Å². The van der Waals surface area contributed by atoms with E-state index in [9.17, 15) is 13.5 Å². The van der Waals surface area contributed by atoms with Crippen molar-refractivity contribution in [1.82, 2.24) is 4.72 Å². The van der Waals surface area contributed by atoms with Gasteiger partial charge in [-0.25, -0.2) is 13.1 Å². The Kier molecular flexibility index (Phi) is 4.73. The van der Waals surface area contributed by atoms with Gasteiger partial charge in [0.15, 0.2) is 0 Å². The lowest BCUT2D eigenvalue weighted by Gasteiger charge is -2.26. The molecule has 0 aliphatic heterocycles. The molecule has 0 saturated heterocycles. The van der Waals surface area contributed by atoms with Gasteiger partial charge >= 0.3 is 0 Å². The average molecular weight is 363 g/mol. The molecule has 5 nitrogen and oxygen atoms in total. The molecule has 1 fully saturated rings. The summed E-state index contributed by atoms with van der Waals surface area (Å²) in [6, 6.07) is 4.67. The Morgan fingerprint density at radius 1 is 1.35 bits per heavy atom. The summed E-state index contributed by atoms with van der Waals surface area (Å²) in [4.78, 5) is 0.128. The molecule has 112 valence electrons. The molecule has 1 aliphatic carbocycles. The second-order valence-electron chi connectivity index (χ2n) is 5.38. The summed E-state index contributed by atoms with van der Waals surface area (Å²) in [7, 11) is -3.64. The fourth-order valence-electron chi connectivity index (χ4n) is 2.57. The fourth-order valence-corrected chi connectivity index (χ4v) is 4.72. The van der Waals surface area contributed by atoms with Crippen molar-refractivity contribution in [2.24, 2.45) is 5.41 Å². The highest BCUT2D eigenvalue weighted by Crippen LogP contribution is 2.37. The zero-order valence-electron chi connectivity index (χ0n) is 11.1. The van der Waals surface area contributed by atoms with Gasteiger partial charge in [0.25, 0.3) is 0 Å². The van der Waals surface area contributed by atoms with Crippen LogP contribution in [0.2, 0.25) is 0 Å². The Bertz CT molecular complexity index is 583. The zero-order chi connectivity index (χ0) is 14.8. The SMILES string of the molecule is Nc1ccc(Br)c(S(=O)(=O)NCC2(CO)CCCC2)c1. The molecule has 0 heterocycles. The van der Waals surface area contributed by atoms with Gasteiger partial charge in [0.05, 0.1) is 4.90 Å². The third-order valence-corrected chi connectivity index (χ3v) is 6.28. The van der Waals surface area contributed by atoms with E-state index in [1.807, 2.05) is 0 Å². The predicted molar refractivity (Wildman–Crippen MR) is 81.7 cm³/mol. The molecule has 4 N–H and O–H groups in total. The highest BCUT2D eigenvalue weighted by Gasteiger charge is 2.34. The average Bonchev–Trinajstić information content (AvgIpc) is 2.89. The molecular weight excluding hydrogens is 344 g/mol. The van der Waals surface area contributed by atoms with Crippen LogP contribution in [0.4, 0.5) is 5.69 Å². The summed E-state index contributed by atoms with van der Waals surface area (Å²) in [6.45, 7) is 0.265. The third-order valence-electron chi connectivity index (χ3n) is 3.88. The molecule has 0 bridgehead atoms. The molecule has 0 atom stereocenters. The van der Waals surface area contributed by atoms with Gasteiger partial charge in [0.2, 0.25) is 10.0 Å². The van der Waals surface area contributed by atoms with Gasteiger partial charge in [0, 0.05) is 28.7 Å². The molecule has 0 aromatic heterocycles. The van der Waals surface area contributed by atoms with Crippen molar-refractivity contribution in [2.75, 3.05) is 18.9 Å². The Morgan fingerprint density at radius 3 is 2.60 bits per heavy atom. The van der Waals surface area contributed by atoms with Crippen molar-refractivity contribution < 1.29 is 13.5 Å². The first kappa shape index (κ1) is 15.8. The van der Waals surface area contributed by atoms with Gasteiger partial charge in [-0.1, -0.05) is 12.8 Å². The van der Waals surface area contributed by atoms with Crippen LogP contribution in [-0.2, 0) is 10.0 Å². The number of rotatable bonds is 5. The second kappa shape index (κ2) is 6.01. The zero-order valence-corrected chi connectivity index (χ0v) is 13.5. The first-order valence-corrected chi connectivity index (χ1v) is 8.82. The van der Waals surface area contributed by atoms with E-state index in [0.717, 1.165) is 25.7 Å². The minimum Gasteiger partial charge on any atom is -0.399 e. The standard InChI is InChI=1S/C13H19BrN2O3S/c14-11-4-3-10(15)7-12(11)20(18,19)16-8-13(9-17)5-1-2-6-13/h3-4,7,16-17H,1-2,5-6,8-9,15H2. The lowest BCUT2D eigenvalue weighted by Crippen LogP contribution is -2.38. The van der Waals surface area contributed by atoms with Gasteiger partial charge < -0.3 is 10.8 Å². The molecule has 1 aromatic rings. The van der Waals surface area contributed by atoms with E-state index in [0.29, 0.717) is 10.2 Å². The maximum Gasteiger partial charge on any atom is 0.241 e. The monoisotopic (exact) mass is 362 g/mol. The van der Waals surface area contributed by atoms with E-state index in [-0.39, 0.29) is 23.5 Å². The Balaban J connectivity index is 2.17. The summed E-state index contributed by atoms with van der Waals surface area (Å²) in [5.74, 6) is 0. The normalized spacial score (nSPS) is 18.3. The summed E-state index contributed by atoms with van der Waals surface area (Å²) in [6.07, 6.45) is 3.77. The number of hydrogen-bond donors (Lipinski definition) is 3. The number of aliphatic hydroxyl groups excluding tert-OH is 1. The van der Waals surface area contributed by atoms with E-state index < -0.39 is 10.0 Å². The van der Waals surface area contributed by atoms with Gasteiger partial charge in [-0.3, -0.25) is 0 Å². The van der Waals surface area contributed by atoms with Crippen molar-refractivity contribution >= 4 is 31.6 Å². The maximum atomic E-state index is 12.3. The van der Waals surface area contributed by atoms with E-state index in [1.54, 1.807) is 12.1 Å². The van der Waals surface area contributed by atoms with Crippen LogP contribution < -0.4 is 10.5 Å². The van der Waals surface area contributed by atoms with Crippen LogP contribution in [0.5, 0.6) is 0 Å². The van der Waals surface area contributed by atoms with Crippen molar-refractivity contribution in [3.63, 3.8) is 0 Å². The first-order chi connectivity index (χ1) is 9.38. The molecule has 1 aromatic carbocycles. The molecule has 0 spiro atoms. The van der Waals surface area contributed by atoms with E-state index in [1.165, 1.54) is 6.07 Å². The quantitative estimate of drug-likeness (QED) is 0.697. The van der Waals surface area contributed by atoms with E-state index in [4.69, 9.17) is 5.73 Å². The number of benzene rings is 1. The molecular formula is C13H19BrN2O3S. The number of anilines is 1. The maximum absolute atomic E-state index is 12.3. The van der Waals surface area contributed by atoms with Crippen LogP contribution in [0.3, 0.4) is 0 Å². The smallest absolute Gasteiger partial charge is 0.241 e. The highest BCUT2D eigenvalue weighted by molar-refractivity contribution is 9.10. The number of sulfonamides is 1. The van der Waals surface area contributed by atoms with Crippen LogP contribution in [0, 0.1) is 5.41 Å². The molecule has 0 amide bonds. The Hall–Kier alpha value is -0.630. The van der Waals surface area contributed by atoms with Crippen molar-refractivity contribution in [1.29, 1.82) is 0 Å². The molecule has 0 unspecified atom stereocenters. The molecule has 1 saturated carbocycles. The summed E-state index contributed by atoms with van der Waals surface area (Å²) < 4.78 is 27.8. The lowest BCUT2D eigenvalue weighted by molar-refractivity contribution is 0.134. The number of nitrogens with one attached hydrogen (secondary N) is 1. The summed E-state index contributed by atoms with van der Waals surface area (Å²) in [5, 5.41) is 9.52. The largest absolute Gasteiger partial charge is 0.399 e. The fraction of sp³-hybridized carbons (Fsp3) is 0.538. The minimum absolute atomic E-state index is 0.00756. The van der Waals surface area contributed by atoms with Crippen molar-refractivity contribution in [3.05, 3.63) is 22.7 Å². The molecule has 20 heavy (non-hydrogen) atoms. The number of hydrogen-bond acceptors (Lipinski definition) is 4. The van der Waals surface area contributed by atoms with Gasteiger partial charge in [0.1, 0.15) is 0 Å². The van der Waals surface area contributed by atoms with Crippen LogP contribution in [0.15, 0.2) is 27.6 Å². The number of nitrogen functional groups attached to an aromatic ring is 1. The van der Waals surface area contributed by atoms with Gasteiger partial charge in [-0.05, 0) is 47.0 Å². The van der Waals surface area contributed by atoms with Gasteiger partial charge in [-0.2, -0.15) is 0 Å². The van der Waals surface area contributed by atoms with E-state index >= 15 is 0 Å². The third kappa shape index (κ3) is 3.33. The minimum atomic E-state index is -3.64. The Morgan fingerprint density at radius 2 is 2.00 bits per heavy atom. The molecule has 7 heteroatoms. The van der Waals surface area contributed by atoms with Crippen LogP contribution >= 0.6 is 15.9 Å². The predicted octanol–water partition coefficient (Wildman–Crippen LogP) is 1.86. The van der Waals surface area contributed by atoms with Crippen LogP contribution in [0.25, 0.3) is 0 Å². The van der Waals surface area contributed by atoms with E-state index in [2.05, 4.69) is 20.7 Å². The molecule has 2 rings (SSSR count). The van der Waals surface area contributed by atoms with Crippen molar-refractivity contribution in [3.8, 4) is 0 Å². The Labute approximate surface area is 127 Å². The summed E-state index contributed by atoms with van der Waals surface area (Å²) >= 11 is 3.23. The molecule has 1 aliphatic rings. The number of nitrogens with two attached hydrogens (primary N) is 1. The highest BCUT2D eigenvalue weighted by atomic mass is 79.9. The van der Waals surface area contributed by atoms with Crippen molar-refractivity contribution in [2.45, 2.75) is 30.6 Å². The number of aliphatic hydroxyl groups is 1. The van der Waals surface area contributed by atoms with Crippen LogP contribution in [-0.4, -0.2) is 26.7 Å². The topological polar surface area (TPSA) is 92.4 Å². The second-order valence-corrected chi connectivity index (χ2v) is 7.97.